The van der Waals surface area contributed by atoms with E-state index in [4.69, 9.17) is 0 Å². The second kappa shape index (κ2) is 4.53. The van der Waals surface area contributed by atoms with Gasteiger partial charge in [0.05, 0.1) is 5.69 Å². The maximum absolute atomic E-state index is 11.9. The maximum Gasteiger partial charge on any atom is 0.272 e. The lowest BCUT2D eigenvalue weighted by atomic mass is 10.3. The highest BCUT2D eigenvalue weighted by molar-refractivity contribution is 9.10. The van der Waals surface area contributed by atoms with E-state index < -0.39 is 0 Å². The summed E-state index contributed by atoms with van der Waals surface area (Å²) in [6.45, 7) is 0. The molecule has 0 aliphatic carbocycles. The molecular weight excluding hydrogens is 268 g/mol. The van der Waals surface area contributed by atoms with E-state index in [1.54, 1.807) is 10.6 Å². The van der Waals surface area contributed by atoms with Gasteiger partial charge in [-0.1, -0.05) is 12.1 Å². The van der Waals surface area contributed by atoms with Crippen LogP contribution in [0, 0.1) is 0 Å². The van der Waals surface area contributed by atoms with Crippen molar-refractivity contribution in [3.8, 4) is 0 Å². The minimum Gasteiger partial charge on any atom is -0.347 e. The summed E-state index contributed by atoms with van der Waals surface area (Å²) in [6, 6.07) is 11.2. The summed E-state index contributed by atoms with van der Waals surface area (Å²) < 4.78 is 2.66. The van der Waals surface area contributed by atoms with Crippen LogP contribution < -0.4 is 5.32 Å². The Bertz CT molecular complexity index is 519. The number of carbonyl (C=O) groups excluding carboxylic acids is 1. The van der Waals surface area contributed by atoms with Gasteiger partial charge in [0.15, 0.2) is 0 Å². The Kier molecular flexibility index (Phi) is 3.10. The lowest BCUT2D eigenvalue weighted by Crippen LogP contribution is -2.15. The summed E-state index contributed by atoms with van der Waals surface area (Å²) in [5.74, 6) is -0.112. The lowest BCUT2D eigenvalue weighted by Gasteiger charge is -2.07. The van der Waals surface area contributed by atoms with Crippen LogP contribution in [0.15, 0.2) is 47.1 Å². The molecule has 1 aromatic heterocycles. The molecule has 0 atom stereocenters. The summed E-state index contributed by atoms with van der Waals surface area (Å²) in [6.07, 6.45) is 1.84. The number of aromatic nitrogens is 1. The predicted molar refractivity (Wildman–Crippen MR) is 67.5 cm³/mol. The number of carbonyl (C=O) groups is 1. The minimum absolute atomic E-state index is 0.112. The molecule has 16 heavy (non-hydrogen) atoms. The Hall–Kier alpha value is -1.55. The van der Waals surface area contributed by atoms with Crippen molar-refractivity contribution in [3.05, 3.63) is 52.8 Å². The minimum atomic E-state index is -0.112. The van der Waals surface area contributed by atoms with E-state index in [-0.39, 0.29) is 5.91 Å². The van der Waals surface area contributed by atoms with Crippen LogP contribution in [0.5, 0.6) is 0 Å². The predicted octanol–water partition coefficient (Wildman–Crippen LogP) is 3.04. The molecule has 0 bridgehead atoms. The largest absolute Gasteiger partial charge is 0.347 e. The van der Waals surface area contributed by atoms with E-state index in [9.17, 15) is 4.79 Å². The first kappa shape index (κ1) is 11.0. The highest BCUT2D eigenvalue weighted by Gasteiger charge is 2.09. The molecule has 1 amide bonds. The van der Waals surface area contributed by atoms with Crippen LogP contribution in [0.2, 0.25) is 0 Å². The number of hydrogen-bond acceptors (Lipinski definition) is 1. The molecule has 0 aliphatic heterocycles. The summed E-state index contributed by atoms with van der Waals surface area (Å²) in [4.78, 5) is 11.9. The Balaban J connectivity index is 2.21. The van der Waals surface area contributed by atoms with Gasteiger partial charge < -0.3 is 9.88 Å². The fourth-order valence-corrected chi connectivity index (χ4v) is 1.83. The zero-order valence-corrected chi connectivity index (χ0v) is 10.4. The van der Waals surface area contributed by atoms with Crippen LogP contribution in [0.3, 0.4) is 0 Å². The van der Waals surface area contributed by atoms with Crippen molar-refractivity contribution < 1.29 is 4.79 Å². The third kappa shape index (κ3) is 2.17. The van der Waals surface area contributed by atoms with Crippen molar-refractivity contribution >= 4 is 27.5 Å². The van der Waals surface area contributed by atoms with Crippen LogP contribution in [-0.2, 0) is 7.05 Å². The maximum atomic E-state index is 11.9. The third-order valence-electron chi connectivity index (χ3n) is 2.30. The second-order valence-corrected chi connectivity index (χ2v) is 4.29. The van der Waals surface area contributed by atoms with E-state index in [1.165, 1.54) is 0 Å². The van der Waals surface area contributed by atoms with Crippen molar-refractivity contribution in [2.75, 3.05) is 5.32 Å². The average Bonchev–Trinajstić information content (AvgIpc) is 2.68. The first-order valence-electron chi connectivity index (χ1n) is 4.85. The molecule has 0 radical (unpaired) electrons. The molecule has 1 N–H and O–H groups in total. The molecule has 4 heteroatoms. The van der Waals surface area contributed by atoms with Gasteiger partial charge in [0, 0.05) is 17.7 Å². The molecule has 0 aliphatic rings. The molecule has 82 valence electrons. The van der Waals surface area contributed by atoms with Gasteiger partial charge in [0.25, 0.3) is 5.91 Å². The number of nitrogens with one attached hydrogen (secondary N) is 1. The summed E-state index contributed by atoms with van der Waals surface area (Å²) in [7, 11) is 1.84. The Morgan fingerprint density at radius 2 is 2.00 bits per heavy atom. The first-order valence-corrected chi connectivity index (χ1v) is 5.65. The SMILES string of the molecule is Cn1cccc1C(=O)Nc1ccccc1Br. The van der Waals surface area contributed by atoms with Gasteiger partial charge in [-0.15, -0.1) is 0 Å². The number of rotatable bonds is 2. The fraction of sp³-hybridized carbons (Fsp3) is 0.0833. The first-order chi connectivity index (χ1) is 7.68. The average molecular weight is 279 g/mol. The van der Waals surface area contributed by atoms with Gasteiger partial charge in [-0.25, -0.2) is 0 Å². The van der Waals surface area contributed by atoms with Crippen molar-refractivity contribution in [3.63, 3.8) is 0 Å². The molecule has 2 aromatic rings. The molecule has 0 fully saturated rings. The molecule has 3 nitrogen and oxygen atoms in total. The van der Waals surface area contributed by atoms with Crippen LogP contribution in [-0.4, -0.2) is 10.5 Å². The number of nitrogens with zero attached hydrogens (tertiary/aromatic N) is 1. The van der Waals surface area contributed by atoms with Crippen LogP contribution in [0.4, 0.5) is 5.69 Å². The highest BCUT2D eigenvalue weighted by Crippen LogP contribution is 2.21. The highest BCUT2D eigenvalue weighted by atomic mass is 79.9. The number of halogens is 1. The number of aryl methyl sites for hydroxylation is 1. The van der Waals surface area contributed by atoms with Gasteiger partial charge in [-0.2, -0.15) is 0 Å². The van der Waals surface area contributed by atoms with Crippen molar-refractivity contribution in [1.82, 2.24) is 4.57 Å². The quantitative estimate of drug-likeness (QED) is 0.900. The van der Waals surface area contributed by atoms with E-state index in [0.717, 1.165) is 10.2 Å². The van der Waals surface area contributed by atoms with Crippen molar-refractivity contribution in [2.24, 2.45) is 7.05 Å². The van der Waals surface area contributed by atoms with Crippen molar-refractivity contribution in [2.45, 2.75) is 0 Å². The topological polar surface area (TPSA) is 34.0 Å². The molecule has 0 saturated carbocycles. The van der Waals surface area contributed by atoms with Gasteiger partial charge in [-0.3, -0.25) is 4.79 Å². The van der Waals surface area contributed by atoms with E-state index >= 15 is 0 Å². The van der Waals surface area contributed by atoms with Crippen LogP contribution >= 0.6 is 15.9 Å². The number of para-hydroxylation sites is 1. The third-order valence-corrected chi connectivity index (χ3v) is 2.99. The summed E-state index contributed by atoms with van der Waals surface area (Å²) >= 11 is 3.39. The van der Waals surface area contributed by atoms with Crippen molar-refractivity contribution in [1.29, 1.82) is 0 Å². The van der Waals surface area contributed by atoms with Gasteiger partial charge >= 0.3 is 0 Å². The number of hydrogen-bond donors (Lipinski definition) is 1. The summed E-state index contributed by atoms with van der Waals surface area (Å²) in [5.41, 5.74) is 1.41. The number of benzene rings is 1. The monoisotopic (exact) mass is 278 g/mol. The lowest BCUT2D eigenvalue weighted by molar-refractivity contribution is 0.101. The zero-order chi connectivity index (χ0) is 11.5. The molecule has 0 unspecified atom stereocenters. The summed E-state index contributed by atoms with van der Waals surface area (Å²) in [5, 5.41) is 2.85. The number of amides is 1. The Morgan fingerprint density at radius 1 is 1.25 bits per heavy atom. The molecule has 1 aromatic carbocycles. The fourth-order valence-electron chi connectivity index (χ4n) is 1.45. The normalized spacial score (nSPS) is 10.1. The zero-order valence-electron chi connectivity index (χ0n) is 8.77. The Morgan fingerprint density at radius 3 is 2.62 bits per heavy atom. The van der Waals surface area contributed by atoms with Gasteiger partial charge in [-0.05, 0) is 40.2 Å². The standard InChI is InChI=1S/C12H11BrN2O/c1-15-8-4-7-11(15)12(16)14-10-6-3-2-5-9(10)13/h2-8H,1H3,(H,14,16). The molecule has 2 rings (SSSR count). The molecule has 0 spiro atoms. The molecule has 0 saturated heterocycles. The van der Waals surface area contributed by atoms with E-state index in [1.807, 2.05) is 43.6 Å². The van der Waals surface area contributed by atoms with Crippen LogP contribution in [0.25, 0.3) is 0 Å². The smallest absolute Gasteiger partial charge is 0.272 e. The van der Waals surface area contributed by atoms with Gasteiger partial charge in [0.2, 0.25) is 0 Å². The second-order valence-electron chi connectivity index (χ2n) is 3.44. The van der Waals surface area contributed by atoms with Crippen LogP contribution in [0.1, 0.15) is 10.5 Å². The van der Waals surface area contributed by atoms with E-state index in [2.05, 4.69) is 21.2 Å². The Labute approximate surface area is 102 Å². The van der Waals surface area contributed by atoms with Gasteiger partial charge in [0.1, 0.15) is 5.69 Å². The molecule has 1 heterocycles. The number of anilines is 1. The molecular formula is C12H11BrN2O. The van der Waals surface area contributed by atoms with E-state index in [0.29, 0.717) is 5.69 Å².